The van der Waals surface area contributed by atoms with Gasteiger partial charge in [-0.3, -0.25) is 4.79 Å². The van der Waals surface area contributed by atoms with E-state index in [1.165, 1.54) is 11.6 Å². The molecule has 0 spiro atoms. The molecule has 0 aliphatic carbocycles. The molecule has 0 saturated carbocycles. The molecule has 0 unspecified atom stereocenters. The molecule has 0 saturated heterocycles. The molecule has 1 aromatic rings. The van der Waals surface area contributed by atoms with Crippen LogP contribution in [0.2, 0.25) is 0 Å². The Hall–Kier alpha value is -1.57. The first-order valence-corrected chi connectivity index (χ1v) is 5.07. The molecule has 0 fully saturated rings. The standard InChI is InChI=1S/C13H17NO/c1-9(2)10(3)5-6-12-11(4)13(15)7-8-14-12/h5-9,14H,4H2,1-3H3/b10-5+,12-6+. The molecule has 2 nitrogen and oxygen atoms in total. The number of H-pyrrole nitrogens is 1. The van der Waals surface area contributed by atoms with Gasteiger partial charge in [0.1, 0.15) is 0 Å². The van der Waals surface area contributed by atoms with Crippen LogP contribution in [0.15, 0.2) is 28.7 Å². The molecule has 0 aromatic carbocycles. The van der Waals surface area contributed by atoms with Crippen molar-refractivity contribution >= 4 is 12.7 Å². The number of aromatic amines is 1. The van der Waals surface area contributed by atoms with E-state index in [2.05, 4.69) is 32.3 Å². The van der Waals surface area contributed by atoms with Gasteiger partial charge in [0, 0.05) is 22.8 Å². The second kappa shape index (κ2) is 4.78. The van der Waals surface area contributed by atoms with Crippen molar-refractivity contribution < 1.29 is 0 Å². The zero-order valence-corrected chi connectivity index (χ0v) is 9.50. The lowest BCUT2D eigenvalue weighted by molar-refractivity contribution is 0.770. The fourth-order valence-electron chi connectivity index (χ4n) is 1.08. The lowest BCUT2D eigenvalue weighted by Crippen LogP contribution is -2.38. The monoisotopic (exact) mass is 203 g/mol. The molecule has 0 radical (unpaired) electrons. The van der Waals surface area contributed by atoms with Gasteiger partial charge in [-0.15, -0.1) is 0 Å². The Morgan fingerprint density at radius 3 is 2.80 bits per heavy atom. The van der Waals surface area contributed by atoms with Crippen molar-refractivity contribution in [1.82, 2.24) is 4.98 Å². The average molecular weight is 203 g/mol. The Kier molecular flexibility index (Phi) is 3.67. The van der Waals surface area contributed by atoms with Gasteiger partial charge in [0.15, 0.2) is 5.43 Å². The predicted octanol–water partition coefficient (Wildman–Crippen LogP) is 1.17. The normalized spacial score (nSPS) is 13.6. The van der Waals surface area contributed by atoms with Crippen molar-refractivity contribution in [2.45, 2.75) is 20.8 Å². The first-order valence-electron chi connectivity index (χ1n) is 5.07. The van der Waals surface area contributed by atoms with Gasteiger partial charge in [0.2, 0.25) is 0 Å². The van der Waals surface area contributed by atoms with Crippen LogP contribution in [0.5, 0.6) is 0 Å². The molecule has 1 rings (SSSR count). The summed E-state index contributed by atoms with van der Waals surface area (Å²) < 4.78 is 0. The second-order valence-corrected chi connectivity index (χ2v) is 3.97. The third kappa shape index (κ3) is 2.94. The third-order valence-electron chi connectivity index (χ3n) is 2.52. The summed E-state index contributed by atoms with van der Waals surface area (Å²) in [6.07, 6.45) is 5.56. The van der Waals surface area contributed by atoms with E-state index in [1.807, 2.05) is 12.2 Å². The Morgan fingerprint density at radius 2 is 2.20 bits per heavy atom. The molecule has 1 aromatic heterocycles. The van der Waals surface area contributed by atoms with E-state index in [0.29, 0.717) is 11.1 Å². The molecule has 0 atom stereocenters. The minimum atomic E-state index is -0.0319. The van der Waals surface area contributed by atoms with Crippen molar-refractivity contribution in [3.63, 3.8) is 0 Å². The van der Waals surface area contributed by atoms with Gasteiger partial charge in [-0.05, 0) is 18.9 Å². The fourth-order valence-corrected chi connectivity index (χ4v) is 1.08. The second-order valence-electron chi connectivity index (χ2n) is 3.97. The predicted molar refractivity (Wildman–Crippen MR) is 64.9 cm³/mol. The first-order chi connectivity index (χ1) is 7.02. The van der Waals surface area contributed by atoms with Gasteiger partial charge < -0.3 is 4.98 Å². The molecule has 0 amide bonds. The zero-order chi connectivity index (χ0) is 11.4. The lowest BCUT2D eigenvalue weighted by atomic mass is 10.1. The number of rotatable bonds is 2. The maximum Gasteiger partial charge on any atom is 0.188 e. The summed E-state index contributed by atoms with van der Waals surface area (Å²) in [5.41, 5.74) is 1.25. The fraction of sp³-hybridized carbons (Fsp3) is 0.308. The van der Waals surface area contributed by atoms with Gasteiger partial charge in [0.05, 0.1) is 0 Å². The molecule has 0 bridgehead atoms. The van der Waals surface area contributed by atoms with Crippen molar-refractivity contribution in [3.05, 3.63) is 44.7 Å². The zero-order valence-electron chi connectivity index (χ0n) is 9.50. The van der Waals surface area contributed by atoms with Gasteiger partial charge in [-0.25, -0.2) is 0 Å². The maximum absolute atomic E-state index is 11.3. The summed E-state index contributed by atoms with van der Waals surface area (Å²) in [7, 11) is 0. The number of aromatic nitrogens is 1. The minimum Gasteiger partial charge on any atom is -0.361 e. The molecular formula is C13H17NO. The third-order valence-corrected chi connectivity index (χ3v) is 2.52. The largest absolute Gasteiger partial charge is 0.361 e. The van der Waals surface area contributed by atoms with Gasteiger partial charge >= 0.3 is 0 Å². The minimum absolute atomic E-state index is 0.0319. The Labute approximate surface area is 89.7 Å². The first kappa shape index (κ1) is 11.5. The summed E-state index contributed by atoms with van der Waals surface area (Å²) in [4.78, 5) is 14.3. The van der Waals surface area contributed by atoms with Crippen molar-refractivity contribution in [3.8, 4) is 0 Å². The highest BCUT2D eigenvalue weighted by Crippen LogP contribution is 2.06. The maximum atomic E-state index is 11.3. The van der Waals surface area contributed by atoms with Crippen LogP contribution in [0.1, 0.15) is 20.8 Å². The quantitative estimate of drug-likeness (QED) is 0.769. The van der Waals surface area contributed by atoms with Gasteiger partial charge in [-0.2, -0.15) is 0 Å². The van der Waals surface area contributed by atoms with E-state index in [1.54, 1.807) is 6.20 Å². The number of pyridine rings is 1. The highest BCUT2D eigenvalue weighted by atomic mass is 16.1. The Bertz CT molecular complexity index is 520. The van der Waals surface area contributed by atoms with Crippen molar-refractivity contribution in [1.29, 1.82) is 0 Å². The molecule has 0 aliphatic rings. The van der Waals surface area contributed by atoms with Crippen LogP contribution in [0.4, 0.5) is 0 Å². The number of nitrogens with one attached hydrogen (secondary N) is 1. The van der Waals surface area contributed by atoms with Crippen LogP contribution in [0.3, 0.4) is 0 Å². The summed E-state index contributed by atoms with van der Waals surface area (Å²) in [6.45, 7) is 10.1. The Morgan fingerprint density at radius 1 is 1.53 bits per heavy atom. The molecule has 15 heavy (non-hydrogen) atoms. The van der Waals surface area contributed by atoms with Crippen LogP contribution in [0.25, 0.3) is 12.7 Å². The van der Waals surface area contributed by atoms with E-state index in [0.717, 1.165) is 5.35 Å². The van der Waals surface area contributed by atoms with Crippen LogP contribution in [-0.2, 0) is 0 Å². The molecule has 1 heterocycles. The summed E-state index contributed by atoms with van der Waals surface area (Å²) >= 11 is 0. The molecular weight excluding hydrogens is 186 g/mol. The van der Waals surface area contributed by atoms with E-state index in [-0.39, 0.29) is 5.43 Å². The molecule has 1 N–H and O–H groups in total. The lowest BCUT2D eigenvalue weighted by Gasteiger charge is -2.01. The van der Waals surface area contributed by atoms with Crippen LogP contribution >= 0.6 is 0 Å². The van der Waals surface area contributed by atoms with E-state index >= 15 is 0 Å². The number of hydrogen-bond donors (Lipinski definition) is 1. The molecule has 80 valence electrons. The smallest absolute Gasteiger partial charge is 0.188 e. The van der Waals surface area contributed by atoms with Crippen molar-refractivity contribution in [2.75, 3.05) is 0 Å². The molecule has 0 aliphatic heterocycles. The van der Waals surface area contributed by atoms with Crippen LogP contribution in [0, 0.1) is 5.92 Å². The van der Waals surface area contributed by atoms with Crippen LogP contribution < -0.4 is 16.0 Å². The summed E-state index contributed by atoms with van der Waals surface area (Å²) in [5.74, 6) is 0.518. The van der Waals surface area contributed by atoms with E-state index < -0.39 is 0 Å². The number of hydrogen-bond acceptors (Lipinski definition) is 1. The highest BCUT2D eigenvalue weighted by Gasteiger charge is 1.93. The van der Waals surface area contributed by atoms with E-state index in [4.69, 9.17) is 0 Å². The van der Waals surface area contributed by atoms with Gasteiger partial charge in [0.25, 0.3) is 0 Å². The van der Waals surface area contributed by atoms with Crippen molar-refractivity contribution in [2.24, 2.45) is 5.92 Å². The topological polar surface area (TPSA) is 32.9 Å². The highest BCUT2D eigenvalue weighted by molar-refractivity contribution is 5.37. The van der Waals surface area contributed by atoms with Gasteiger partial charge in [-0.1, -0.05) is 32.1 Å². The summed E-state index contributed by atoms with van der Waals surface area (Å²) in [5, 5.41) is 1.30. The van der Waals surface area contributed by atoms with E-state index in [9.17, 15) is 4.79 Å². The molecule has 2 heteroatoms. The Balaban J connectivity index is 3.24. The average Bonchev–Trinajstić information content (AvgIpc) is 2.19. The number of allylic oxidation sites excluding steroid dienone is 2. The SMILES string of the molecule is C=c1c(=O)cc[nH]/c1=C/C=C(\C)C(C)C. The summed E-state index contributed by atoms with van der Waals surface area (Å²) in [6, 6.07) is 1.48. The van der Waals surface area contributed by atoms with Crippen LogP contribution in [-0.4, -0.2) is 4.98 Å².